The number of hydrogen-bond acceptors (Lipinski definition) is 3. The number of hydrogen-bond donors (Lipinski definition) is 2. The molecule has 3 nitrogen and oxygen atoms in total. The molecule has 0 aliphatic carbocycles. The maximum Gasteiger partial charge on any atom is 0.233 e. The van der Waals surface area contributed by atoms with Gasteiger partial charge in [-0.25, -0.2) is 0 Å². The van der Waals surface area contributed by atoms with Crippen molar-refractivity contribution >= 4 is 17.7 Å². The van der Waals surface area contributed by atoms with Crippen molar-refractivity contribution in [3.8, 4) is 0 Å². The average Bonchev–Trinajstić information content (AvgIpc) is 2.10. The van der Waals surface area contributed by atoms with Crippen molar-refractivity contribution in [2.24, 2.45) is 5.73 Å². The molecule has 0 aromatic heterocycles. The Morgan fingerprint density at radius 3 is 2.92 bits per heavy atom. The van der Waals surface area contributed by atoms with Gasteiger partial charge >= 0.3 is 0 Å². The molecule has 0 aliphatic heterocycles. The maximum absolute atomic E-state index is 10.7. The normalized spacial score (nSPS) is 9.83. The smallest absolute Gasteiger partial charge is 0.233 e. The van der Waals surface area contributed by atoms with E-state index in [-0.39, 0.29) is 15.3 Å². The van der Waals surface area contributed by atoms with Crippen LogP contribution in [0.4, 0.5) is 0 Å². The van der Waals surface area contributed by atoms with Crippen LogP contribution in [-0.2, 0) is 4.79 Å². The van der Waals surface area contributed by atoms with E-state index in [2.05, 4.69) is 12.2 Å². The van der Waals surface area contributed by atoms with Crippen LogP contribution in [0.2, 0.25) is 0 Å². The SMILES string of the molecule is CCCCSCCNC(=O)CN.[HH].[HH]. The maximum atomic E-state index is 10.7. The van der Waals surface area contributed by atoms with E-state index in [1.54, 1.807) is 0 Å². The second-order valence-corrected chi connectivity index (χ2v) is 3.74. The van der Waals surface area contributed by atoms with E-state index < -0.39 is 0 Å². The summed E-state index contributed by atoms with van der Waals surface area (Å²) in [6.07, 6.45) is 2.50. The third kappa shape index (κ3) is 7.88. The molecule has 3 N–H and O–H groups in total. The van der Waals surface area contributed by atoms with Gasteiger partial charge in [-0.15, -0.1) is 0 Å². The molecule has 0 spiro atoms. The number of carbonyl (C=O) groups excluding carboxylic acids is 1. The molecule has 0 aliphatic rings. The van der Waals surface area contributed by atoms with Crippen LogP contribution in [0.1, 0.15) is 22.6 Å². The minimum Gasteiger partial charge on any atom is -0.354 e. The first kappa shape index (κ1) is 11.8. The summed E-state index contributed by atoms with van der Waals surface area (Å²) in [5.74, 6) is 2.12. The van der Waals surface area contributed by atoms with Gasteiger partial charge in [0.15, 0.2) is 0 Å². The van der Waals surface area contributed by atoms with Gasteiger partial charge in [0.05, 0.1) is 6.54 Å². The lowest BCUT2D eigenvalue weighted by Crippen LogP contribution is -2.31. The minimum absolute atomic E-state index is 0. The second kappa shape index (κ2) is 8.87. The number of thioether (sulfide) groups is 1. The molecule has 0 aromatic rings. The Morgan fingerprint density at radius 2 is 2.33 bits per heavy atom. The number of carbonyl (C=O) groups is 1. The summed E-state index contributed by atoms with van der Waals surface area (Å²) in [5, 5.41) is 2.72. The molecule has 0 bridgehead atoms. The summed E-state index contributed by atoms with van der Waals surface area (Å²) in [7, 11) is 0. The van der Waals surface area contributed by atoms with Crippen LogP contribution >= 0.6 is 11.8 Å². The fraction of sp³-hybridized carbons (Fsp3) is 0.875. The second-order valence-electron chi connectivity index (χ2n) is 2.52. The van der Waals surface area contributed by atoms with E-state index in [1.807, 2.05) is 11.8 Å². The van der Waals surface area contributed by atoms with E-state index in [4.69, 9.17) is 5.73 Å². The van der Waals surface area contributed by atoms with Crippen LogP contribution in [0, 0.1) is 0 Å². The van der Waals surface area contributed by atoms with Gasteiger partial charge in [0.2, 0.25) is 5.91 Å². The highest BCUT2D eigenvalue weighted by Crippen LogP contribution is 2.02. The lowest BCUT2D eigenvalue weighted by atomic mass is 10.4. The predicted octanol–water partition coefficient (Wildman–Crippen LogP) is 1.09. The average molecular weight is 194 g/mol. The molecule has 0 rings (SSSR count). The number of rotatable bonds is 7. The number of nitrogens with one attached hydrogen (secondary N) is 1. The lowest BCUT2D eigenvalue weighted by Gasteiger charge is -2.02. The van der Waals surface area contributed by atoms with Crippen molar-refractivity contribution in [1.29, 1.82) is 0 Å². The first-order chi connectivity index (χ1) is 5.81. The van der Waals surface area contributed by atoms with Gasteiger partial charge in [-0.3, -0.25) is 4.79 Å². The van der Waals surface area contributed by atoms with Crippen molar-refractivity contribution < 1.29 is 7.65 Å². The summed E-state index contributed by atoms with van der Waals surface area (Å²) >= 11 is 1.87. The van der Waals surface area contributed by atoms with Gasteiger partial charge in [0.25, 0.3) is 0 Å². The van der Waals surface area contributed by atoms with Crippen LogP contribution in [0.15, 0.2) is 0 Å². The summed E-state index contributed by atoms with van der Waals surface area (Å²) < 4.78 is 0. The topological polar surface area (TPSA) is 55.1 Å². The third-order valence-electron chi connectivity index (χ3n) is 1.40. The molecule has 0 saturated carbocycles. The van der Waals surface area contributed by atoms with Crippen LogP contribution in [0.5, 0.6) is 0 Å². The zero-order chi connectivity index (χ0) is 9.23. The fourth-order valence-corrected chi connectivity index (χ4v) is 1.63. The quantitative estimate of drug-likeness (QED) is 0.596. The molecular weight excluding hydrogens is 172 g/mol. The number of unbranched alkanes of at least 4 members (excludes halogenated alkanes) is 1. The zero-order valence-corrected chi connectivity index (χ0v) is 8.45. The fourth-order valence-electron chi connectivity index (χ4n) is 0.683. The Balaban J connectivity index is -0.000000605. The van der Waals surface area contributed by atoms with Gasteiger partial charge in [0.1, 0.15) is 0 Å². The summed E-state index contributed by atoms with van der Waals surface area (Å²) in [6.45, 7) is 3.01. The summed E-state index contributed by atoms with van der Waals surface area (Å²) in [4.78, 5) is 10.7. The number of amides is 1. The monoisotopic (exact) mass is 194 g/mol. The van der Waals surface area contributed by atoms with Crippen molar-refractivity contribution in [1.82, 2.24) is 5.32 Å². The van der Waals surface area contributed by atoms with Crippen molar-refractivity contribution in [2.45, 2.75) is 19.8 Å². The first-order valence-electron chi connectivity index (χ1n) is 4.35. The van der Waals surface area contributed by atoms with E-state index >= 15 is 0 Å². The van der Waals surface area contributed by atoms with Crippen molar-refractivity contribution in [3.05, 3.63) is 0 Å². The Morgan fingerprint density at radius 1 is 1.58 bits per heavy atom. The van der Waals surface area contributed by atoms with E-state index in [9.17, 15) is 4.79 Å². The van der Waals surface area contributed by atoms with E-state index in [0.717, 1.165) is 12.3 Å². The van der Waals surface area contributed by atoms with Gasteiger partial charge in [-0.2, -0.15) is 11.8 Å². The molecule has 4 heteroatoms. The molecule has 0 atom stereocenters. The molecule has 0 fully saturated rings. The largest absolute Gasteiger partial charge is 0.354 e. The zero-order valence-electron chi connectivity index (χ0n) is 7.64. The van der Waals surface area contributed by atoms with Gasteiger partial charge in [-0.05, 0) is 12.2 Å². The standard InChI is InChI=1S/C8H18N2OS.2H2/c1-2-3-5-12-6-4-10-8(11)7-9;;/h2-7,9H2,1H3,(H,10,11);2*1H. The van der Waals surface area contributed by atoms with Gasteiger partial charge in [-0.1, -0.05) is 13.3 Å². The molecule has 1 amide bonds. The van der Waals surface area contributed by atoms with E-state index in [0.29, 0.717) is 0 Å². The highest BCUT2D eigenvalue weighted by Gasteiger charge is 1.94. The van der Waals surface area contributed by atoms with E-state index in [1.165, 1.54) is 18.6 Å². The van der Waals surface area contributed by atoms with Crippen molar-refractivity contribution in [3.63, 3.8) is 0 Å². The van der Waals surface area contributed by atoms with Crippen LogP contribution < -0.4 is 11.1 Å². The molecule has 0 saturated heterocycles. The Labute approximate surface area is 81.4 Å². The number of nitrogens with two attached hydrogens (primary N) is 1. The summed E-state index contributed by atoms with van der Waals surface area (Å²) in [6, 6.07) is 0. The molecule has 0 heterocycles. The molecule has 76 valence electrons. The minimum atomic E-state index is -0.0638. The molecule has 12 heavy (non-hydrogen) atoms. The highest BCUT2D eigenvalue weighted by atomic mass is 32.2. The molecule has 0 aromatic carbocycles. The molecular formula is C8H22N2OS. The van der Waals surface area contributed by atoms with Crippen LogP contribution in [-0.4, -0.2) is 30.5 Å². The van der Waals surface area contributed by atoms with Gasteiger partial charge in [0, 0.05) is 15.2 Å². The van der Waals surface area contributed by atoms with Crippen LogP contribution in [0.25, 0.3) is 0 Å². The van der Waals surface area contributed by atoms with Gasteiger partial charge < -0.3 is 11.1 Å². The lowest BCUT2D eigenvalue weighted by molar-refractivity contribution is -0.119. The molecule has 0 unspecified atom stereocenters. The predicted molar refractivity (Wildman–Crippen MR) is 58.5 cm³/mol. The Kier molecular flexibility index (Phi) is 8.71. The highest BCUT2D eigenvalue weighted by molar-refractivity contribution is 7.99. The first-order valence-corrected chi connectivity index (χ1v) is 5.51. The Hall–Kier alpha value is -0.220. The Bertz CT molecular complexity index is 128. The molecule has 0 radical (unpaired) electrons. The van der Waals surface area contributed by atoms with Crippen LogP contribution in [0.3, 0.4) is 0 Å². The summed E-state index contributed by atoms with van der Waals surface area (Å²) in [5.41, 5.74) is 5.12. The third-order valence-corrected chi connectivity index (χ3v) is 2.47. The van der Waals surface area contributed by atoms with Crippen molar-refractivity contribution in [2.75, 3.05) is 24.6 Å².